The number of carbonyl (C=O) groups is 2. The quantitative estimate of drug-likeness (QED) is 0.723. The molecule has 5 nitrogen and oxygen atoms in total. The highest BCUT2D eigenvalue weighted by Gasteiger charge is 2.54. The molecule has 1 aromatic rings. The van der Waals surface area contributed by atoms with Gasteiger partial charge in [0.05, 0.1) is 5.56 Å². The highest BCUT2D eigenvalue weighted by molar-refractivity contribution is 5.91. The van der Waals surface area contributed by atoms with Crippen molar-refractivity contribution in [2.24, 2.45) is 17.8 Å². The predicted octanol–water partition coefficient (Wildman–Crippen LogP) is 3.29. The SMILES string of the molecule is O=C(NNC(=O)C1[C@H]2CCCC[C@@H]12)Nc1cccc(C(F)(F)F)c1. The lowest BCUT2D eigenvalue weighted by molar-refractivity contribution is -0.137. The van der Waals surface area contributed by atoms with Crippen LogP contribution in [0.3, 0.4) is 0 Å². The van der Waals surface area contributed by atoms with Crippen molar-refractivity contribution in [3.63, 3.8) is 0 Å². The minimum absolute atomic E-state index is 0.00309. The number of halogens is 3. The van der Waals surface area contributed by atoms with Gasteiger partial charge in [0, 0.05) is 11.6 Å². The lowest BCUT2D eigenvalue weighted by atomic mass is 10.0. The van der Waals surface area contributed by atoms with Crippen LogP contribution in [-0.4, -0.2) is 11.9 Å². The van der Waals surface area contributed by atoms with Crippen molar-refractivity contribution in [3.8, 4) is 0 Å². The number of alkyl halides is 3. The Morgan fingerprint density at radius 3 is 2.33 bits per heavy atom. The topological polar surface area (TPSA) is 70.2 Å². The summed E-state index contributed by atoms with van der Waals surface area (Å²) < 4.78 is 37.8. The molecule has 0 heterocycles. The second-order valence-electron chi connectivity index (χ2n) is 6.28. The van der Waals surface area contributed by atoms with E-state index < -0.39 is 17.8 Å². The fourth-order valence-corrected chi connectivity index (χ4v) is 3.52. The molecule has 3 N–H and O–H groups in total. The number of carbonyl (C=O) groups excluding carboxylic acids is 2. The first-order valence-electron chi connectivity index (χ1n) is 7.90. The van der Waals surface area contributed by atoms with Gasteiger partial charge in [0.15, 0.2) is 0 Å². The second-order valence-corrected chi connectivity index (χ2v) is 6.28. The van der Waals surface area contributed by atoms with Crippen molar-refractivity contribution in [2.75, 3.05) is 5.32 Å². The zero-order valence-electron chi connectivity index (χ0n) is 12.8. The highest BCUT2D eigenvalue weighted by Crippen LogP contribution is 2.55. The van der Waals surface area contributed by atoms with Crippen LogP contribution in [0.1, 0.15) is 31.2 Å². The molecule has 3 atom stereocenters. The summed E-state index contributed by atoms with van der Waals surface area (Å²) in [6.45, 7) is 0. The normalized spacial score (nSPS) is 25.4. The van der Waals surface area contributed by atoms with E-state index in [4.69, 9.17) is 0 Å². The lowest BCUT2D eigenvalue weighted by Gasteiger charge is -2.11. The maximum absolute atomic E-state index is 12.6. The third-order valence-corrected chi connectivity index (χ3v) is 4.71. The number of anilines is 1. The fourth-order valence-electron chi connectivity index (χ4n) is 3.52. The summed E-state index contributed by atoms with van der Waals surface area (Å²) in [5, 5.41) is 2.27. The van der Waals surface area contributed by atoms with Gasteiger partial charge in [-0.3, -0.25) is 10.2 Å². The zero-order chi connectivity index (χ0) is 17.3. The Hall–Kier alpha value is -2.25. The number of benzene rings is 1. The van der Waals surface area contributed by atoms with Crippen molar-refractivity contribution < 1.29 is 22.8 Å². The number of hydrogen-bond donors (Lipinski definition) is 3. The smallest absolute Gasteiger partial charge is 0.307 e. The fraction of sp³-hybridized carbons (Fsp3) is 0.500. The molecule has 3 rings (SSSR count). The van der Waals surface area contributed by atoms with E-state index in [2.05, 4.69) is 16.2 Å². The minimum Gasteiger partial charge on any atom is -0.307 e. The number of rotatable bonds is 2. The van der Waals surface area contributed by atoms with Crippen molar-refractivity contribution >= 4 is 17.6 Å². The van der Waals surface area contributed by atoms with E-state index in [1.54, 1.807) is 0 Å². The van der Waals surface area contributed by atoms with E-state index >= 15 is 0 Å². The molecular weight excluding hydrogens is 323 g/mol. The van der Waals surface area contributed by atoms with Crippen LogP contribution in [0.25, 0.3) is 0 Å². The van der Waals surface area contributed by atoms with Crippen LogP contribution in [0.4, 0.5) is 23.7 Å². The Labute approximate surface area is 137 Å². The van der Waals surface area contributed by atoms with Crippen LogP contribution in [0.2, 0.25) is 0 Å². The molecule has 2 fully saturated rings. The van der Waals surface area contributed by atoms with E-state index in [1.807, 2.05) is 0 Å². The van der Waals surface area contributed by atoms with Crippen LogP contribution >= 0.6 is 0 Å². The van der Waals surface area contributed by atoms with Gasteiger partial charge >= 0.3 is 12.2 Å². The zero-order valence-corrected chi connectivity index (χ0v) is 12.8. The molecule has 2 saturated carbocycles. The van der Waals surface area contributed by atoms with Gasteiger partial charge in [0.2, 0.25) is 5.91 Å². The molecule has 1 unspecified atom stereocenters. The number of hydrogen-bond acceptors (Lipinski definition) is 2. The Morgan fingerprint density at radius 2 is 1.71 bits per heavy atom. The van der Waals surface area contributed by atoms with Crippen molar-refractivity contribution in [2.45, 2.75) is 31.9 Å². The van der Waals surface area contributed by atoms with E-state index in [-0.39, 0.29) is 17.5 Å². The first kappa shape index (κ1) is 16.6. The van der Waals surface area contributed by atoms with Gasteiger partial charge in [-0.2, -0.15) is 13.2 Å². The molecule has 0 saturated heterocycles. The van der Waals surface area contributed by atoms with Crippen LogP contribution in [0, 0.1) is 17.8 Å². The summed E-state index contributed by atoms with van der Waals surface area (Å²) in [5.41, 5.74) is 3.67. The van der Waals surface area contributed by atoms with Crippen molar-refractivity contribution in [3.05, 3.63) is 29.8 Å². The number of hydrazine groups is 1. The molecule has 0 aliphatic heterocycles. The maximum Gasteiger partial charge on any atom is 0.416 e. The van der Waals surface area contributed by atoms with E-state index in [1.165, 1.54) is 12.1 Å². The van der Waals surface area contributed by atoms with Crippen LogP contribution in [0.5, 0.6) is 0 Å². The van der Waals surface area contributed by atoms with Gasteiger partial charge in [-0.15, -0.1) is 0 Å². The van der Waals surface area contributed by atoms with Crippen LogP contribution in [-0.2, 0) is 11.0 Å². The summed E-state index contributed by atoms with van der Waals surface area (Å²) in [6.07, 6.45) is -0.133. The summed E-state index contributed by atoms with van der Waals surface area (Å²) in [7, 11) is 0. The summed E-state index contributed by atoms with van der Waals surface area (Å²) in [6, 6.07) is 3.50. The van der Waals surface area contributed by atoms with Gasteiger partial charge in [-0.1, -0.05) is 18.9 Å². The first-order chi connectivity index (χ1) is 11.4. The molecular formula is C16H18F3N3O2. The average Bonchev–Trinajstić information content (AvgIpc) is 3.26. The standard InChI is InChI=1S/C16H18F3N3O2/c17-16(18,19)9-4-3-5-10(8-9)20-15(24)22-21-14(23)13-11-6-1-2-7-12(11)13/h3-5,8,11-13H,1-2,6-7H2,(H,21,23)(H2,20,22,24)/t11-,12+,13?. The maximum atomic E-state index is 12.6. The third-order valence-electron chi connectivity index (χ3n) is 4.71. The second kappa shape index (κ2) is 6.33. The summed E-state index contributed by atoms with van der Waals surface area (Å²) >= 11 is 0. The molecule has 0 spiro atoms. The molecule has 1 aromatic carbocycles. The molecule has 2 aliphatic carbocycles. The number of urea groups is 1. The molecule has 130 valence electrons. The van der Waals surface area contributed by atoms with Crippen LogP contribution < -0.4 is 16.2 Å². The van der Waals surface area contributed by atoms with Gasteiger partial charge in [-0.25, -0.2) is 10.2 Å². The van der Waals surface area contributed by atoms with Gasteiger partial charge < -0.3 is 5.32 Å². The van der Waals surface area contributed by atoms with E-state index in [0.717, 1.165) is 37.8 Å². The van der Waals surface area contributed by atoms with Gasteiger partial charge in [-0.05, 0) is 42.9 Å². The van der Waals surface area contributed by atoms with Crippen molar-refractivity contribution in [1.82, 2.24) is 10.9 Å². The van der Waals surface area contributed by atoms with E-state index in [0.29, 0.717) is 11.8 Å². The minimum atomic E-state index is -4.48. The number of fused-ring (bicyclic) bond motifs is 1. The van der Waals surface area contributed by atoms with E-state index in [9.17, 15) is 22.8 Å². The average molecular weight is 341 g/mol. The molecule has 0 bridgehead atoms. The Balaban J connectivity index is 1.49. The van der Waals surface area contributed by atoms with Gasteiger partial charge in [0.1, 0.15) is 0 Å². The lowest BCUT2D eigenvalue weighted by Crippen LogP contribution is -2.45. The largest absolute Gasteiger partial charge is 0.416 e. The predicted molar refractivity (Wildman–Crippen MR) is 80.7 cm³/mol. The highest BCUT2D eigenvalue weighted by atomic mass is 19.4. The molecule has 3 amide bonds. The van der Waals surface area contributed by atoms with Crippen LogP contribution in [0.15, 0.2) is 24.3 Å². The molecule has 0 aromatic heterocycles. The first-order valence-corrected chi connectivity index (χ1v) is 7.90. The monoisotopic (exact) mass is 341 g/mol. The number of nitrogens with one attached hydrogen (secondary N) is 3. The third kappa shape index (κ3) is 3.63. The molecule has 0 radical (unpaired) electrons. The van der Waals surface area contributed by atoms with Gasteiger partial charge in [0.25, 0.3) is 0 Å². The molecule has 24 heavy (non-hydrogen) atoms. The molecule has 2 aliphatic rings. The van der Waals surface area contributed by atoms with Crippen molar-refractivity contribution in [1.29, 1.82) is 0 Å². The number of amides is 3. The Bertz CT molecular complexity index is 636. The molecule has 8 heteroatoms. The summed E-state index contributed by atoms with van der Waals surface area (Å²) in [5.74, 6) is 0.534. The Kier molecular flexibility index (Phi) is 4.38. The summed E-state index contributed by atoms with van der Waals surface area (Å²) in [4.78, 5) is 23.7. The Morgan fingerprint density at radius 1 is 1.04 bits per heavy atom.